The molecule has 0 fully saturated rings. The highest BCUT2D eigenvalue weighted by atomic mass is 32.1. The summed E-state index contributed by atoms with van der Waals surface area (Å²) in [6, 6.07) is 10.6. The van der Waals surface area contributed by atoms with Crippen LogP contribution in [0.25, 0.3) is 11.3 Å². The molecule has 0 amide bonds. The van der Waals surface area contributed by atoms with Crippen molar-refractivity contribution < 1.29 is 4.74 Å². The molecular weight excluding hydrogens is 290 g/mol. The number of hydrogen-bond donors (Lipinski definition) is 0. The Morgan fingerprint density at radius 1 is 0.864 bits per heavy atom. The third kappa shape index (κ3) is 3.04. The fraction of sp³-hybridized carbons (Fsp3) is 0.211. The van der Waals surface area contributed by atoms with Gasteiger partial charge in [-0.05, 0) is 74.2 Å². The van der Waals surface area contributed by atoms with Crippen molar-refractivity contribution in [3.8, 4) is 22.8 Å². The van der Waals surface area contributed by atoms with Crippen LogP contribution < -0.4 is 4.74 Å². The number of nitrogens with zero attached hydrogens (tertiary/aromatic N) is 1. The molecule has 3 heteroatoms. The van der Waals surface area contributed by atoms with Gasteiger partial charge in [0.15, 0.2) is 0 Å². The smallest absolute Gasteiger partial charge is 0.133 e. The molecule has 0 saturated carbocycles. The van der Waals surface area contributed by atoms with E-state index in [2.05, 4.69) is 68.4 Å². The van der Waals surface area contributed by atoms with Crippen molar-refractivity contribution in [2.75, 3.05) is 0 Å². The van der Waals surface area contributed by atoms with Crippen molar-refractivity contribution in [3.63, 3.8) is 0 Å². The first-order valence-corrected chi connectivity index (χ1v) is 8.23. The largest absolute Gasteiger partial charge is 0.457 e. The van der Waals surface area contributed by atoms with Crippen LogP contribution in [0.2, 0.25) is 0 Å². The van der Waals surface area contributed by atoms with Gasteiger partial charge in [0.1, 0.15) is 11.5 Å². The summed E-state index contributed by atoms with van der Waals surface area (Å²) < 4.78 is 6.16. The molecule has 0 aliphatic heterocycles. The second-order valence-electron chi connectivity index (χ2n) is 5.74. The highest BCUT2D eigenvalue weighted by Crippen LogP contribution is 2.33. The fourth-order valence-electron chi connectivity index (χ4n) is 2.72. The van der Waals surface area contributed by atoms with Crippen LogP contribution >= 0.6 is 11.3 Å². The van der Waals surface area contributed by atoms with Gasteiger partial charge < -0.3 is 4.74 Å². The van der Waals surface area contributed by atoms with Crippen LogP contribution in [0.15, 0.2) is 41.2 Å². The zero-order valence-corrected chi connectivity index (χ0v) is 14.1. The Bertz CT molecular complexity index is 763. The maximum atomic E-state index is 6.16. The minimum absolute atomic E-state index is 0.894. The van der Waals surface area contributed by atoms with Crippen LogP contribution in [0, 0.1) is 27.7 Å². The van der Waals surface area contributed by atoms with Crippen LogP contribution in [0.4, 0.5) is 0 Å². The molecule has 0 aliphatic rings. The Hall–Kier alpha value is -2.13. The maximum Gasteiger partial charge on any atom is 0.133 e. The van der Waals surface area contributed by atoms with Gasteiger partial charge in [0, 0.05) is 10.9 Å². The summed E-state index contributed by atoms with van der Waals surface area (Å²) in [4.78, 5) is 4.38. The molecular formula is C19H19NOS. The SMILES string of the molecule is Cc1cc(C)cc(Oc2c(C)cc(-c3cscn3)cc2C)c1. The Balaban J connectivity index is 1.97. The highest BCUT2D eigenvalue weighted by Gasteiger charge is 2.10. The Labute approximate surface area is 135 Å². The van der Waals surface area contributed by atoms with E-state index in [0.717, 1.165) is 33.9 Å². The minimum atomic E-state index is 0.894. The maximum absolute atomic E-state index is 6.16. The van der Waals surface area contributed by atoms with E-state index in [0.29, 0.717) is 0 Å². The van der Waals surface area contributed by atoms with Crippen molar-refractivity contribution in [3.05, 3.63) is 63.5 Å². The lowest BCUT2D eigenvalue weighted by Crippen LogP contribution is -1.93. The van der Waals surface area contributed by atoms with Gasteiger partial charge in [0.05, 0.1) is 11.2 Å². The van der Waals surface area contributed by atoms with Crippen molar-refractivity contribution in [1.82, 2.24) is 4.98 Å². The monoisotopic (exact) mass is 309 g/mol. The van der Waals surface area contributed by atoms with E-state index in [1.807, 2.05) is 5.51 Å². The standard InChI is InChI=1S/C19H19NOS/c1-12-5-13(2)7-17(6-12)21-19-14(3)8-16(9-15(19)4)18-10-22-11-20-18/h5-11H,1-4H3. The molecule has 22 heavy (non-hydrogen) atoms. The minimum Gasteiger partial charge on any atom is -0.457 e. The molecule has 0 radical (unpaired) electrons. The Morgan fingerprint density at radius 2 is 1.50 bits per heavy atom. The van der Waals surface area contributed by atoms with Crippen LogP contribution in [0.5, 0.6) is 11.5 Å². The lowest BCUT2D eigenvalue weighted by Gasteiger charge is -2.14. The normalized spacial score (nSPS) is 10.7. The molecule has 0 saturated heterocycles. The molecule has 0 N–H and O–H groups in total. The van der Waals surface area contributed by atoms with E-state index < -0.39 is 0 Å². The molecule has 2 aromatic carbocycles. The van der Waals surface area contributed by atoms with E-state index >= 15 is 0 Å². The number of benzene rings is 2. The van der Waals surface area contributed by atoms with E-state index in [-0.39, 0.29) is 0 Å². The summed E-state index contributed by atoms with van der Waals surface area (Å²) in [7, 11) is 0. The van der Waals surface area contributed by atoms with Gasteiger partial charge in [-0.25, -0.2) is 4.98 Å². The van der Waals surface area contributed by atoms with Crippen molar-refractivity contribution in [2.45, 2.75) is 27.7 Å². The molecule has 0 bridgehead atoms. The lowest BCUT2D eigenvalue weighted by molar-refractivity contribution is 0.474. The molecule has 1 heterocycles. The summed E-state index contributed by atoms with van der Waals surface area (Å²) in [5, 5.41) is 2.07. The lowest BCUT2D eigenvalue weighted by atomic mass is 10.0. The first kappa shape index (κ1) is 14.8. The van der Waals surface area contributed by atoms with Crippen LogP contribution in [0.3, 0.4) is 0 Å². The summed E-state index contributed by atoms with van der Waals surface area (Å²) >= 11 is 1.61. The number of thiazole rings is 1. The van der Waals surface area contributed by atoms with Gasteiger partial charge in [0.25, 0.3) is 0 Å². The molecule has 0 aliphatic carbocycles. The van der Waals surface area contributed by atoms with Gasteiger partial charge in [-0.15, -0.1) is 11.3 Å². The average molecular weight is 309 g/mol. The zero-order chi connectivity index (χ0) is 15.7. The number of rotatable bonds is 3. The summed E-state index contributed by atoms with van der Waals surface area (Å²) in [6.45, 7) is 8.34. The number of aryl methyl sites for hydroxylation is 4. The molecule has 0 atom stereocenters. The van der Waals surface area contributed by atoms with E-state index in [1.165, 1.54) is 11.1 Å². The molecule has 0 spiro atoms. The number of hydrogen-bond acceptors (Lipinski definition) is 3. The van der Waals surface area contributed by atoms with E-state index in [1.54, 1.807) is 11.3 Å². The van der Waals surface area contributed by atoms with Gasteiger partial charge in [-0.3, -0.25) is 0 Å². The zero-order valence-electron chi connectivity index (χ0n) is 13.3. The molecule has 3 aromatic rings. The van der Waals surface area contributed by atoms with Crippen LogP contribution in [-0.4, -0.2) is 4.98 Å². The predicted molar refractivity (Wildman–Crippen MR) is 93.0 cm³/mol. The Morgan fingerprint density at radius 3 is 2.05 bits per heavy atom. The van der Waals surface area contributed by atoms with Crippen LogP contribution in [-0.2, 0) is 0 Å². The Kier molecular flexibility index (Phi) is 3.99. The number of aromatic nitrogens is 1. The second kappa shape index (κ2) is 5.93. The van der Waals surface area contributed by atoms with Gasteiger partial charge >= 0.3 is 0 Å². The average Bonchev–Trinajstić information content (AvgIpc) is 2.95. The predicted octanol–water partition coefficient (Wildman–Crippen LogP) is 5.84. The van der Waals surface area contributed by atoms with Crippen molar-refractivity contribution >= 4 is 11.3 Å². The number of ether oxygens (including phenoxy) is 1. The molecule has 1 aromatic heterocycles. The highest BCUT2D eigenvalue weighted by molar-refractivity contribution is 7.07. The quantitative estimate of drug-likeness (QED) is 0.606. The van der Waals surface area contributed by atoms with Gasteiger partial charge in [-0.2, -0.15) is 0 Å². The topological polar surface area (TPSA) is 22.1 Å². The fourth-order valence-corrected chi connectivity index (χ4v) is 3.29. The summed E-state index contributed by atoms with van der Waals surface area (Å²) in [5.74, 6) is 1.83. The third-order valence-electron chi connectivity index (χ3n) is 3.60. The van der Waals surface area contributed by atoms with Crippen molar-refractivity contribution in [1.29, 1.82) is 0 Å². The van der Waals surface area contributed by atoms with Gasteiger partial charge in [-0.1, -0.05) is 6.07 Å². The first-order valence-electron chi connectivity index (χ1n) is 7.29. The van der Waals surface area contributed by atoms with Gasteiger partial charge in [0.2, 0.25) is 0 Å². The van der Waals surface area contributed by atoms with E-state index in [9.17, 15) is 0 Å². The molecule has 3 rings (SSSR count). The third-order valence-corrected chi connectivity index (χ3v) is 4.19. The first-order chi connectivity index (χ1) is 10.5. The summed E-state index contributed by atoms with van der Waals surface area (Å²) in [5.41, 5.74) is 8.70. The van der Waals surface area contributed by atoms with Crippen LogP contribution in [0.1, 0.15) is 22.3 Å². The molecule has 2 nitrogen and oxygen atoms in total. The molecule has 112 valence electrons. The molecule has 0 unspecified atom stereocenters. The second-order valence-corrected chi connectivity index (χ2v) is 6.46. The summed E-state index contributed by atoms with van der Waals surface area (Å²) in [6.07, 6.45) is 0. The van der Waals surface area contributed by atoms with Crippen molar-refractivity contribution in [2.24, 2.45) is 0 Å². The van der Waals surface area contributed by atoms with E-state index in [4.69, 9.17) is 4.74 Å².